The molecule has 0 radical (unpaired) electrons. The van der Waals surface area contributed by atoms with Crippen molar-refractivity contribution in [3.8, 4) is 0 Å². The Bertz CT molecular complexity index is 983. The van der Waals surface area contributed by atoms with E-state index in [0.717, 1.165) is 17.4 Å². The third-order valence-corrected chi connectivity index (χ3v) is 6.15. The van der Waals surface area contributed by atoms with E-state index in [4.69, 9.17) is 0 Å². The predicted octanol–water partition coefficient (Wildman–Crippen LogP) is 2.74. The normalized spacial score (nSPS) is 17.6. The molecule has 7 heteroatoms. The fraction of sp³-hybridized carbons (Fsp3) is 0.300. The van der Waals surface area contributed by atoms with Gasteiger partial charge in [-0.3, -0.25) is 9.59 Å². The molecular formula is C20H22N2O4S. The largest absolute Gasteiger partial charge is 0.338 e. The van der Waals surface area contributed by atoms with Crippen molar-refractivity contribution >= 4 is 27.3 Å². The number of carbonyl (C=O) groups excluding carboxylic acids is 2. The van der Waals surface area contributed by atoms with Gasteiger partial charge in [0, 0.05) is 25.4 Å². The number of sulfone groups is 1. The van der Waals surface area contributed by atoms with Crippen LogP contribution >= 0.6 is 0 Å². The lowest BCUT2D eigenvalue weighted by atomic mass is 9.89. The molecule has 2 atom stereocenters. The Morgan fingerprint density at radius 2 is 1.78 bits per heavy atom. The molecule has 0 saturated carbocycles. The van der Waals surface area contributed by atoms with E-state index >= 15 is 0 Å². The number of amides is 2. The van der Waals surface area contributed by atoms with Gasteiger partial charge in [-0.1, -0.05) is 30.3 Å². The monoisotopic (exact) mass is 386 g/mol. The van der Waals surface area contributed by atoms with Crippen LogP contribution in [0, 0.1) is 0 Å². The summed E-state index contributed by atoms with van der Waals surface area (Å²) in [6.07, 6.45) is 1.27. The van der Waals surface area contributed by atoms with Crippen LogP contribution in [-0.2, 0) is 19.4 Å². The molecule has 3 rings (SSSR count). The molecule has 1 aliphatic rings. The summed E-state index contributed by atoms with van der Waals surface area (Å²) in [5, 5.41) is 2.80. The molecule has 0 bridgehead atoms. The van der Waals surface area contributed by atoms with Crippen molar-refractivity contribution in [2.24, 2.45) is 0 Å². The molecule has 27 heavy (non-hydrogen) atoms. The van der Waals surface area contributed by atoms with Gasteiger partial charge in [-0.15, -0.1) is 0 Å². The van der Waals surface area contributed by atoms with Crippen molar-refractivity contribution < 1.29 is 18.0 Å². The van der Waals surface area contributed by atoms with Gasteiger partial charge in [0.1, 0.15) is 0 Å². The van der Waals surface area contributed by atoms with Gasteiger partial charge < -0.3 is 10.2 Å². The minimum absolute atomic E-state index is 0.111. The maximum absolute atomic E-state index is 13.1. The number of para-hydroxylation sites is 1. The second-order valence-electron chi connectivity index (χ2n) is 6.86. The van der Waals surface area contributed by atoms with Crippen molar-refractivity contribution in [3.05, 3.63) is 59.7 Å². The molecule has 0 spiro atoms. The van der Waals surface area contributed by atoms with Gasteiger partial charge in [0.2, 0.25) is 11.8 Å². The fourth-order valence-corrected chi connectivity index (χ4v) is 3.92. The molecule has 0 aliphatic carbocycles. The summed E-state index contributed by atoms with van der Waals surface area (Å²) < 4.78 is 23.2. The first kappa shape index (κ1) is 19.1. The maximum atomic E-state index is 13.1. The average molecular weight is 386 g/mol. The lowest BCUT2D eigenvalue weighted by Gasteiger charge is -2.32. The minimum Gasteiger partial charge on any atom is -0.338 e. The predicted molar refractivity (Wildman–Crippen MR) is 103 cm³/mol. The van der Waals surface area contributed by atoms with E-state index in [1.54, 1.807) is 42.3 Å². The fourth-order valence-electron chi connectivity index (χ4n) is 3.29. The Labute approximate surface area is 159 Å². The van der Waals surface area contributed by atoms with E-state index in [0.29, 0.717) is 5.69 Å². The van der Waals surface area contributed by atoms with Gasteiger partial charge in [0.15, 0.2) is 9.84 Å². The third-order valence-electron chi connectivity index (χ3n) is 5.02. The highest BCUT2D eigenvalue weighted by Crippen LogP contribution is 2.34. The first-order chi connectivity index (χ1) is 12.7. The molecule has 2 unspecified atom stereocenters. The Morgan fingerprint density at radius 3 is 2.41 bits per heavy atom. The van der Waals surface area contributed by atoms with E-state index in [1.807, 2.05) is 25.1 Å². The summed E-state index contributed by atoms with van der Waals surface area (Å²) in [4.78, 5) is 26.9. The van der Waals surface area contributed by atoms with Gasteiger partial charge >= 0.3 is 0 Å². The number of likely N-dealkylation sites (N-methyl/N-ethyl adjacent to an activating group) is 1. The van der Waals surface area contributed by atoms with Crippen LogP contribution in [0.2, 0.25) is 0 Å². The zero-order chi connectivity index (χ0) is 19.8. The van der Waals surface area contributed by atoms with E-state index in [9.17, 15) is 18.0 Å². The van der Waals surface area contributed by atoms with Crippen LogP contribution in [0.15, 0.2) is 53.4 Å². The van der Waals surface area contributed by atoms with Crippen molar-refractivity contribution in [1.29, 1.82) is 0 Å². The number of rotatable bonds is 4. The Morgan fingerprint density at radius 1 is 1.15 bits per heavy atom. The van der Waals surface area contributed by atoms with Crippen LogP contribution in [0.1, 0.15) is 36.4 Å². The molecule has 2 amide bonds. The van der Waals surface area contributed by atoms with Crippen molar-refractivity contribution in [2.75, 3.05) is 18.6 Å². The van der Waals surface area contributed by atoms with Crippen LogP contribution < -0.4 is 5.32 Å². The number of hydrogen-bond acceptors (Lipinski definition) is 4. The summed E-state index contributed by atoms with van der Waals surface area (Å²) in [5.41, 5.74) is 2.31. The smallest absolute Gasteiger partial charge is 0.230 e. The zero-order valence-electron chi connectivity index (χ0n) is 15.5. The number of benzene rings is 2. The summed E-state index contributed by atoms with van der Waals surface area (Å²) >= 11 is 0. The first-order valence-electron chi connectivity index (χ1n) is 8.64. The molecule has 1 N–H and O–H groups in total. The molecule has 0 fully saturated rings. The summed E-state index contributed by atoms with van der Waals surface area (Å²) in [6.45, 7) is 1.88. The third kappa shape index (κ3) is 3.88. The average Bonchev–Trinajstić information content (AvgIpc) is 2.65. The number of hydrogen-bond donors (Lipinski definition) is 1. The SMILES string of the molecule is CC(c1ccc(S(C)(=O)=O)cc1)N(C)C(=O)C1CC(=O)Nc2ccccc21. The Hall–Kier alpha value is -2.67. The molecule has 0 saturated heterocycles. The quantitative estimate of drug-likeness (QED) is 0.876. The van der Waals surface area contributed by atoms with Gasteiger partial charge in [-0.25, -0.2) is 8.42 Å². The van der Waals surface area contributed by atoms with Crippen molar-refractivity contribution in [3.63, 3.8) is 0 Å². The molecule has 1 heterocycles. The highest BCUT2D eigenvalue weighted by atomic mass is 32.2. The number of carbonyl (C=O) groups is 2. The van der Waals surface area contributed by atoms with E-state index in [-0.39, 0.29) is 29.2 Å². The lowest BCUT2D eigenvalue weighted by molar-refractivity contribution is -0.135. The molecular weight excluding hydrogens is 364 g/mol. The molecule has 0 aromatic heterocycles. The van der Waals surface area contributed by atoms with Crippen LogP contribution in [0.5, 0.6) is 0 Å². The van der Waals surface area contributed by atoms with E-state index < -0.39 is 15.8 Å². The first-order valence-corrected chi connectivity index (χ1v) is 10.5. The zero-order valence-corrected chi connectivity index (χ0v) is 16.3. The number of nitrogens with zero attached hydrogens (tertiary/aromatic N) is 1. The second kappa shape index (κ2) is 7.15. The molecule has 142 valence electrons. The molecule has 2 aromatic rings. The van der Waals surface area contributed by atoms with Crippen molar-refractivity contribution in [2.45, 2.75) is 30.2 Å². The maximum Gasteiger partial charge on any atom is 0.230 e. The summed E-state index contributed by atoms with van der Waals surface area (Å²) in [5.74, 6) is -0.847. The second-order valence-corrected chi connectivity index (χ2v) is 8.87. The molecule has 1 aliphatic heterocycles. The van der Waals surface area contributed by atoms with Gasteiger partial charge in [0.25, 0.3) is 0 Å². The standard InChI is InChI=1S/C20H22N2O4S/c1-13(14-8-10-15(11-9-14)27(3,25)26)22(2)20(24)17-12-19(23)21-18-7-5-4-6-16(17)18/h4-11,13,17H,12H2,1-3H3,(H,21,23). The number of fused-ring (bicyclic) bond motifs is 1. The summed E-state index contributed by atoms with van der Waals surface area (Å²) in [7, 11) is -1.56. The van der Waals surface area contributed by atoms with Crippen LogP contribution in [0.3, 0.4) is 0 Å². The van der Waals surface area contributed by atoms with Gasteiger partial charge in [0.05, 0.1) is 16.9 Å². The minimum atomic E-state index is -3.26. The van der Waals surface area contributed by atoms with Crippen molar-refractivity contribution in [1.82, 2.24) is 4.90 Å². The summed E-state index contributed by atoms with van der Waals surface area (Å²) in [6, 6.07) is 13.6. The number of anilines is 1. The van der Waals surface area contributed by atoms with E-state index in [2.05, 4.69) is 5.32 Å². The van der Waals surface area contributed by atoms with E-state index in [1.165, 1.54) is 0 Å². The topological polar surface area (TPSA) is 83.6 Å². The highest BCUT2D eigenvalue weighted by Gasteiger charge is 2.33. The Balaban J connectivity index is 1.84. The molecule has 2 aromatic carbocycles. The lowest BCUT2D eigenvalue weighted by Crippen LogP contribution is -2.37. The number of nitrogens with one attached hydrogen (secondary N) is 1. The Kier molecular flexibility index (Phi) is 5.06. The van der Waals surface area contributed by atoms with Crippen LogP contribution in [-0.4, -0.2) is 38.4 Å². The van der Waals surface area contributed by atoms with Crippen LogP contribution in [0.4, 0.5) is 5.69 Å². The highest BCUT2D eigenvalue weighted by molar-refractivity contribution is 7.90. The van der Waals surface area contributed by atoms with Gasteiger partial charge in [-0.2, -0.15) is 0 Å². The van der Waals surface area contributed by atoms with Crippen LogP contribution in [0.25, 0.3) is 0 Å². The van der Waals surface area contributed by atoms with Gasteiger partial charge in [-0.05, 0) is 36.2 Å². The molecule has 6 nitrogen and oxygen atoms in total.